The highest BCUT2D eigenvalue weighted by Crippen LogP contribution is 2.33. The van der Waals surface area contributed by atoms with E-state index >= 15 is 0 Å². The Labute approximate surface area is 72.0 Å². The van der Waals surface area contributed by atoms with Gasteiger partial charge in [0.25, 0.3) is 0 Å². The molecule has 3 nitrogen and oxygen atoms in total. The zero-order valence-corrected chi connectivity index (χ0v) is 7.46. The number of hydrogen-bond acceptors (Lipinski definition) is 2. The summed E-state index contributed by atoms with van der Waals surface area (Å²) in [5, 5.41) is 8.65. The van der Waals surface area contributed by atoms with Crippen LogP contribution in [0.4, 0.5) is 0 Å². The van der Waals surface area contributed by atoms with E-state index in [0.29, 0.717) is 18.8 Å². The molecule has 0 saturated carbocycles. The number of carboxylic acids is 1. The van der Waals surface area contributed by atoms with Gasteiger partial charge in [-0.25, -0.2) is 4.79 Å². The van der Waals surface area contributed by atoms with Crippen molar-refractivity contribution in [3.8, 4) is 0 Å². The summed E-state index contributed by atoms with van der Waals surface area (Å²) in [5.41, 5.74) is 0.419. The second kappa shape index (κ2) is 3.27. The lowest BCUT2D eigenvalue weighted by atomic mass is 9.81. The largest absolute Gasteiger partial charge is 0.478 e. The minimum Gasteiger partial charge on any atom is -0.478 e. The molecule has 0 aliphatic carbocycles. The van der Waals surface area contributed by atoms with Crippen LogP contribution < -0.4 is 0 Å². The van der Waals surface area contributed by atoms with E-state index in [9.17, 15) is 4.79 Å². The van der Waals surface area contributed by atoms with Gasteiger partial charge in [0.2, 0.25) is 0 Å². The lowest BCUT2D eigenvalue weighted by Gasteiger charge is -2.38. The Morgan fingerprint density at radius 3 is 2.50 bits per heavy atom. The van der Waals surface area contributed by atoms with Crippen LogP contribution in [0.1, 0.15) is 20.3 Å². The van der Waals surface area contributed by atoms with E-state index in [2.05, 4.69) is 0 Å². The maximum absolute atomic E-state index is 10.5. The normalized spacial score (nSPS) is 21.7. The lowest BCUT2D eigenvalue weighted by molar-refractivity contribution is -0.133. The molecule has 1 aliphatic heterocycles. The zero-order chi connectivity index (χ0) is 9.19. The molecule has 0 aromatic rings. The molecule has 1 rings (SSSR count). The standard InChI is InChI=1S/C9H14O3/c1-3-9(5-12-6-9)4-7(2)8(10)11/h4H,3,5-6H2,1-2H3,(H,10,11). The van der Waals surface area contributed by atoms with Gasteiger partial charge in [0.05, 0.1) is 13.2 Å². The van der Waals surface area contributed by atoms with Crippen molar-refractivity contribution in [1.29, 1.82) is 0 Å². The SMILES string of the molecule is CCC1(C=C(C)C(=O)O)COC1. The second-order valence-corrected chi connectivity index (χ2v) is 3.34. The number of rotatable bonds is 3. The summed E-state index contributed by atoms with van der Waals surface area (Å²) < 4.78 is 5.07. The van der Waals surface area contributed by atoms with Gasteiger partial charge in [-0.05, 0) is 13.3 Å². The summed E-state index contributed by atoms with van der Waals surface area (Å²) in [7, 11) is 0. The highest BCUT2D eigenvalue weighted by molar-refractivity contribution is 5.85. The van der Waals surface area contributed by atoms with Crippen LogP contribution >= 0.6 is 0 Å². The van der Waals surface area contributed by atoms with Crippen LogP contribution in [0.2, 0.25) is 0 Å². The quantitative estimate of drug-likeness (QED) is 0.652. The molecule has 1 saturated heterocycles. The van der Waals surface area contributed by atoms with E-state index in [1.165, 1.54) is 0 Å². The van der Waals surface area contributed by atoms with Gasteiger partial charge in [-0.1, -0.05) is 13.0 Å². The van der Waals surface area contributed by atoms with E-state index < -0.39 is 5.97 Å². The van der Waals surface area contributed by atoms with Crippen LogP contribution in [0.15, 0.2) is 11.6 Å². The highest BCUT2D eigenvalue weighted by atomic mass is 16.5. The molecule has 0 spiro atoms. The van der Waals surface area contributed by atoms with Crippen LogP contribution in [0, 0.1) is 5.41 Å². The molecule has 0 amide bonds. The third-order valence-corrected chi connectivity index (χ3v) is 2.34. The third kappa shape index (κ3) is 1.67. The van der Waals surface area contributed by atoms with Gasteiger partial charge in [-0.3, -0.25) is 0 Å². The van der Waals surface area contributed by atoms with Gasteiger partial charge in [0.15, 0.2) is 0 Å². The summed E-state index contributed by atoms with van der Waals surface area (Å²) in [6.07, 6.45) is 2.76. The van der Waals surface area contributed by atoms with E-state index in [-0.39, 0.29) is 5.41 Å². The monoisotopic (exact) mass is 170 g/mol. The van der Waals surface area contributed by atoms with Crippen molar-refractivity contribution in [2.45, 2.75) is 20.3 Å². The molecule has 0 radical (unpaired) electrons. The molecule has 3 heteroatoms. The molecule has 0 aromatic carbocycles. The van der Waals surface area contributed by atoms with Crippen molar-refractivity contribution in [2.24, 2.45) is 5.41 Å². The van der Waals surface area contributed by atoms with Gasteiger partial charge in [-0.2, -0.15) is 0 Å². The van der Waals surface area contributed by atoms with Crippen LogP contribution in [-0.4, -0.2) is 24.3 Å². The summed E-state index contributed by atoms with van der Waals surface area (Å²) in [4.78, 5) is 10.5. The minimum atomic E-state index is -0.838. The van der Waals surface area contributed by atoms with Gasteiger partial charge in [0.1, 0.15) is 0 Å². The van der Waals surface area contributed by atoms with Crippen molar-refractivity contribution >= 4 is 5.97 Å². The average molecular weight is 170 g/mol. The maximum atomic E-state index is 10.5. The number of carboxylic acid groups (broad SMARTS) is 1. The topological polar surface area (TPSA) is 46.5 Å². The van der Waals surface area contributed by atoms with Gasteiger partial charge < -0.3 is 9.84 Å². The van der Waals surface area contributed by atoms with Crippen molar-refractivity contribution in [3.05, 3.63) is 11.6 Å². The molecule has 0 aromatic heterocycles. The Bertz CT molecular complexity index is 208. The molecule has 68 valence electrons. The van der Waals surface area contributed by atoms with Crippen LogP contribution in [0.5, 0.6) is 0 Å². The third-order valence-electron chi connectivity index (χ3n) is 2.34. The lowest BCUT2D eigenvalue weighted by Crippen LogP contribution is -2.40. The van der Waals surface area contributed by atoms with E-state index in [1.54, 1.807) is 6.92 Å². The predicted octanol–water partition coefficient (Wildman–Crippen LogP) is 1.44. The fourth-order valence-corrected chi connectivity index (χ4v) is 1.27. The zero-order valence-electron chi connectivity index (χ0n) is 7.46. The smallest absolute Gasteiger partial charge is 0.330 e. The number of ether oxygens (including phenoxy) is 1. The molecule has 12 heavy (non-hydrogen) atoms. The molecule has 1 aliphatic rings. The van der Waals surface area contributed by atoms with Crippen molar-refractivity contribution in [2.75, 3.05) is 13.2 Å². The number of hydrogen-bond donors (Lipinski definition) is 1. The van der Waals surface area contributed by atoms with E-state index in [4.69, 9.17) is 9.84 Å². The van der Waals surface area contributed by atoms with E-state index in [1.807, 2.05) is 13.0 Å². The number of aliphatic carboxylic acids is 1. The summed E-state index contributed by atoms with van der Waals surface area (Å²) in [5.74, 6) is -0.838. The molecule has 0 unspecified atom stereocenters. The molecule has 0 atom stereocenters. The molecule has 1 fully saturated rings. The second-order valence-electron chi connectivity index (χ2n) is 3.34. The van der Waals surface area contributed by atoms with Crippen molar-refractivity contribution in [1.82, 2.24) is 0 Å². The predicted molar refractivity (Wildman–Crippen MR) is 44.9 cm³/mol. The Morgan fingerprint density at radius 2 is 2.25 bits per heavy atom. The van der Waals surface area contributed by atoms with Gasteiger partial charge >= 0.3 is 5.97 Å². The summed E-state index contributed by atoms with van der Waals surface area (Å²) >= 11 is 0. The molecule has 1 N–H and O–H groups in total. The van der Waals surface area contributed by atoms with Gasteiger partial charge in [-0.15, -0.1) is 0 Å². The molecular formula is C9H14O3. The fourth-order valence-electron chi connectivity index (χ4n) is 1.27. The van der Waals surface area contributed by atoms with Crippen molar-refractivity contribution in [3.63, 3.8) is 0 Å². The first kappa shape index (κ1) is 9.26. The summed E-state index contributed by atoms with van der Waals surface area (Å²) in [6, 6.07) is 0. The van der Waals surface area contributed by atoms with Gasteiger partial charge in [0, 0.05) is 11.0 Å². The Hall–Kier alpha value is -0.830. The maximum Gasteiger partial charge on any atom is 0.330 e. The van der Waals surface area contributed by atoms with Crippen LogP contribution in [0.25, 0.3) is 0 Å². The molecule has 0 bridgehead atoms. The highest BCUT2D eigenvalue weighted by Gasteiger charge is 2.34. The molecular weight excluding hydrogens is 156 g/mol. The Morgan fingerprint density at radius 1 is 1.67 bits per heavy atom. The Balaban J connectivity index is 2.69. The summed E-state index contributed by atoms with van der Waals surface area (Å²) in [6.45, 7) is 4.99. The first-order valence-electron chi connectivity index (χ1n) is 4.10. The van der Waals surface area contributed by atoms with Crippen molar-refractivity contribution < 1.29 is 14.6 Å². The Kier molecular flexibility index (Phi) is 2.52. The minimum absolute atomic E-state index is 0.00245. The van der Waals surface area contributed by atoms with Crippen LogP contribution in [-0.2, 0) is 9.53 Å². The molecule has 1 heterocycles. The number of carbonyl (C=O) groups is 1. The first-order chi connectivity index (χ1) is 5.59. The van der Waals surface area contributed by atoms with E-state index in [0.717, 1.165) is 6.42 Å². The van der Waals surface area contributed by atoms with Crippen LogP contribution in [0.3, 0.4) is 0 Å². The first-order valence-corrected chi connectivity index (χ1v) is 4.10. The fraction of sp³-hybridized carbons (Fsp3) is 0.667. The average Bonchev–Trinajstić information content (AvgIpc) is 1.96.